The summed E-state index contributed by atoms with van der Waals surface area (Å²) < 4.78 is 10.5. The van der Waals surface area contributed by atoms with E-state index in [0.29, 0.717) is 0 Å². The van der Waals surface area contributed by atoms with Crippen molar-refractivity contribution < 1.29 is 29.0 Å². The molecule has 3 aromatic carbocycles. The third-order valence-corrected chi connectivity index (χ3v) is 8.22. The summed E-state index contributed by atoms with van der Waals surface area (Å²) in [5.41, 5.74) is 15.2. The van der Waals surface area contributed by atoms with Crippen molar-refractivity contribution in [3.8, 4) is 0 Å². The average molecular weight is 715 g/mol. The lowest BCUT2D eigenvalue weighted by Gasteiger charge is -2.12. The molecular weight excluding hydrogens is 660 g/mol. The standard InChI is InChI=1S/C14H18N2O2.C12H16N2O.C11H13NO2.C3H7NO/c1-10(17)18-14-7-5-11-4-6-12(8-13(11)14)15-9-16(2)3;1-14(2)8-13-10-5-3-9-4-6-12(15)11(9)7-10;1-7(13)14-11-5-3-8-2-4-9(12)6-10(8)11;1-4(2)3-5/h4,6,8-9,14H,5,7H2,1-3H3;3,5,7-8,12,15H,4,6H2,1-2H3;2,4,6,11H,3,5,12H2,1H3;3H,1-2H3. The number of ether oxygens (including phenoxy) is 2. The van der Waals surface area contributed by atoms with Gasteiger partial charge >= 0.3 is 11.9 Å². The molecule has 0 heterocycles. The van der Waals surface area contributed by atoms with Gasteiger partial charge in [0.25, 0.3) is 0 Å². The highest BCUT2D eigenvalue weighted by Gasteiger charge is 2.26. The van der Waals surface area contributed by atoms with Gasteiger partial charge in [-0.05, 0) is 108 Å². The normalized spacial score (nSPS) is 17.6. The minimum Gasteiger partial charge on any atom is -0.458 e. The molecule has 12 heteroatoms. The minimum atomic E-state index is -0.297. The maximum absolute atomic E-state index is 11.1. The van der Waals surface area contributed by atoms with Gasteiger partial charge in [0.1, 0.15) is 12.2 Å². The minimum absolute atomic E-state index is 0.0917. The van der Waals surface area contributed by atoms with E-state index in [1.165, 1.54) is 35.4 Å². The number of aryl methyl sites for hydroxylation is 3. The van der Waals surface area contributed by atoms with Gasteiger partial charge in [0.2, 0.25) is 6.41 Å². The van der Waals surface area contributed by atoms with Gasteiger partial charge in [-0.2, -0.15) is 0 Å². The maximum atomic E-state index is 11.1. The summed E-state index contributed by atoms with van der Waals surface area (Å²) in [5, 5.41) is 9.72. The van der Waals surface area contributed by atoms with Crippen LogP contribution in [0.3, 0.4) is 0 Å². The molecule has 3 unspecified atom stereocenters. The smallest absolute Gasteiger partial charge is 0.303 e. The first-order valence-electron chi connectivity index (χ1n) is 17.4. The number of fused-ring (bicyclic) bond motifs is 3. The Hall–Kier alpha value is -5.23. The van der Waals surface area contributed by atoms with E-state index in [4.69, 9.17) is 15.2 Å². The lowest BCUT2D eigenvalue weighted by Crippen LogP contribution is -2.07. The SMILES string of the molecule is CC(=O)OC1CCc2ccc(N)cc21.CC(=O)OC1CCc2ccc(N=CN(C)C)cc21.CN(C)C=Nc1ccc2c(c1)C(O)CC2.CN(C)C=O. The highest BCUT2D eigenvalue weighted by Crippen LogP contribution is 2.37. The van der Waals surface area contributed by atoms with Gasteiger partial charge in [0.05, 0.1) is 30.2 Å². The zero-order valence-electron chi connectivity index (χ0n) is 31.7. The monoisotopic (exact) mass is 714 g/mol. The summed E-state index contributed by atoms with van der Waals surface area (Å²) >= 11 is 0. The second-order valence-corrected chi connectivity index (χ2v) is 13.5. The van der Waals surface area contributed by atoms with E-state index in [0.717, 1.165) is 78.7 Å². The Bertz CT molecular complexity index is 1720. The summed E-state index contributed by atoms with van der Waals surface area (Å²) in [6, 6.07) is 17.9. The molecule has 0 saturated carbocycles. The topological polar surface area (TPSA) is 150 Å². The number of aliphatic hydroxyl groups excluding tert-OH is 1. The number of amides is 1. The van der Waals surface area contributed by atoms with E-state index < -0.39 is 0 Å². The number of nitrogen functional groups attached to an aromatic ring is 1. The van der Waals surface area contributed by atoms with Gasteiger partial charge in [-0.15, -0.1) is 0 Å². The van der Waals surface area contributed by atoms with E-state index >= 15 is 0 Å². The number of hydrogen-bond donors (Lipinski definition) is 2. The third kappa shape index (κ3) is 13.1. The van der Waals surface area contributed by atoms with Gasteiger partial charge in [0.15, 0.2) is 0 Å². The third-order valence-electron chi connectivity index (χ3n) is 8.22. The van der Waals surface area contributed by atoms with Crippen molar-refractivity contribution in [2.45, 2.75) is 70.7 Å². The number of esters is 2. The fourth-order valence-electron chi connectivity index (χ4n) is 5.87. The van der Waals surface area contributed by atoms with Crippen LogP contribution in [-0.4, -0.2) is 93.1 Å². The molecule has 52 heavy (non-hydrogen) atoms. The number of nitrogens with zero attached hydrogens (tertiary/aromatic N) is 5. The van der Waals surface area contributed by atoms with Crippen LogP contribution in [0.2, 0.25) is 0 Å². The number of rotatable bonds is 7. The average Bonchev–Trinajstić information content (AvgIpc) is 3.79. The predicted octanol–water partition coefficient (Wildman–Crippen LogP) is 5.87. The fraction of sp³-hybridized carbons (Fsp3) is 0.425. The van der Waals surface area contributed by atoms with E-state index in [9.17, 15) is 19.5 Å². The molecule has 3 aliphatic carbocycles. The van der Waals surface area contributed by atoms with Gasteiger partial charge < -0.3 is 35.0 Å². The van der Waals surface area contributed by atoms with Gasteiger partial charge in [-0.3, -0.25) is 14.4 Å². The van der Waals surface area contributed by atoms with Crippen LogP contribution in [0.25, 0.3) is 0 Å². The van der Waals surface area contributed by atoms with E-state index in [2.05, 4.69) is 22.1 Å². The van der Waals surface area contributed by atoms with Crippen LogP contribution in [-0.2, 0) is 43.1 Å². The molecular formula is C40H54N6O6. The van der Waals surface area contributed by atoms with Crippen molar-refractivity contribution >= 4 is 48.1 Å². The molecule has 3 atom stereocenters. The Morgan fingerprint density at radius 2 is 1.08 bits per heavy atom. The van der Waals surface area contributed by atoms with Crippen LogP contribution < -0.4 is 5.73 Å². The number of hydrogen-bond acceptors (Lipinski definition) is 9. The zero-order valence-corrected chi connectivity index (χ0v) is 31.7. The molecule has 3 N–H and O–H groups in total. The first-order chi connectivity index (χ1) is 24.7. The second kappa shape index (κ2) is 20.0. The van der Waals surface area contributed by atoms with Crippen molar-refractivity contribution in [2.75, 3.05) is 48.0 Å². The number of aliphatic imine (C=N–C) groups is 2. The van der Waals surface area contributed by atoms with Gasteiger partial charge in [0, 0.05) is 61.8 Å². The molecule has 0 radical (unpaired) electrons. The molecule has 280 valence electrons. The summed E-state index contributed by atoms with van der Waals surface area (Å²) in [6.07, 6.45) is 9.28. The maximum Gasteiger partial charge on any atom is 0.303 e. The highest BCUT2D eigenvalue weighted by molar-refractivity contribution is 5.67. The molecule has 0 aliphatic heterocycles. The van der Waals surface area contributed by atoms with Crippen LogP contribution in [0.15, 0.2) is 64.6 Å². The van der Waals surface area contributed by atoms with Crippen LogP contribution in [0.1, 0.15) is 84.8 Å². The van der Waals surface area contributed by atoms with Crippen LogP contribution in [0.4, 0.5) is 17.1 Å². The molecule has 1 amide bonds. The van der Waals surface area contributed by atoms with Crippen molar-refractivity contribution in [1.29, 1.82) is 0 Å². The fourth-order valence-corrected chi connectivity index (χ4v) is 5.87. The van der Waals surface area contributed by atoms with Crippen LogP contribution in [0.5, 0.6) is 0 Å². The molecule has 0 saturated heterocycles. The Morgan fingerprint density at radius 3 is 1.52 bits per heavy atom. The lowest BCUT2D eigenvalue weighted by atomic mass is 10.1. The van der Waals surface area contributed by atoms with Gasteiger partial charge in [-0.1, -0.05) is 18.2 Å². The van der Waals surface area contributed by atoms with E-state index in [1.807, 2.05) is 80.5 Å². The quantitative estimate of drug-likeness (QED) is 0.101. The summed E-state index contributed by atoms with van der Waals surface area (Å²) in [6.45, 7) is 2.89. The highest BCUT2D eigenvalue weighted by atomic mass is 16.5. The molecule has 0 fully saturated rings. The number of anilines is 1. The van der Waals surface area contributed by atoms with Crippen molar-refractivity contribution in [3.05, 3.63) is 88.0 Å². The van der Waals surface area contributed by atoms with Crippen molar-refractivity contribution in [3.63, 3.8) is 0 Å². The molecule has 3 aliphatic rings. The van der Waals surface area contributed by atoms with Crippen LogP contribution >= 0.6 is 0 Å². The van der Waals surface area contributed by atoms with Crippen molar-refractivity contribution in [2.24, 2.45) is 9.98 Å². The molecule has 6 rings (SSSR count). The summed E-state index contributed by atoms with van der Waals surface area (Å²) in [5.74, 6) is -0.458. The van der Waals surface area contributed by atoms with E-state index in [1.54, 1.807) is 26.8 Å². The first-order valence-corrected chi connectivity index (χ1v) is 17.4. The van der Waals surface area contributed by atoms with Crippen molar-refractivity contribution in [1.82, 2.24) is 14.7 Å². The summed E-state index contributed by atoms with van der Waals surface area (Å²) in [4.78, 5) is 45.2. The molecule has 0 aromatic heterocycles. The second-order valence-electron chi connectivity index (χ2n) is 13.5. The predicted molar refractivity (Wildman–Crippen MR) is 206 cm³/mol. The Kier molecular flexibility index (Phi) is 15.8. The molecule has 12 nitrogen and oxygen atoms in total. The number of benzene rings is 3. The number of aliphatic hydroxyl groups is 1. The van der Waals surface area contributed by atoms with Gasteiger partial charge in [-0.25, -0.2) is 9.98 Å². The molecule has 0 bridgehead atoms. The first kappa shape index (κ1) is 41.2. The lowest BCUT2D eigenvalue weighted by molar-refractivity contribution is -0.147. The number of carbonyl (C=O) groups excluding carboxylic acids is 3. The Morgan fingerprint density at radius 1 is 0.673 bits per heavy atom. The number of nitrogens with two attached hydrogens (primary N) is 1. The Labute approximate surface area is 307 Å². The summed E-state index contributed by atoms with van der Waals surface area (Å²) in [7, 11) is 11.1. The molecule has 0 spiro atoms. The molecule has 3 aromatic rings. The largest absolute Gasteiger partial charge is 0.458 e. The van der Waals surface area contributed by atoms with E-state index in [-0.39, 0.29) is 30.3 Å². The zero-order chi connectivity index (χ0) is 38.4. The number of carbonyl (C=O) groups is 3. The Balaban J connectivity index is 0.000000199. The van der Waals surface area contributed by atoms with Crippen LogP contribution in [0, 0.1) is 0 Å².